The van der Waals surface area contributed by atoms with Gasteiger partial charge < -0.3 is 9.47 Å². The third-order valence-corrected chi connectivity index (χ3v) is 3.61. The van der Waals surface area contributed by atoms with E-state index in [-0.39, 0.29) is 17.9 Å². The fourth-order valence-corrected chi connectivity index (χ4v) is 2.39. The van der Waals surface area contributed by atoms with E-state index in [2.05, 4.69) is 0 Å². The number of methoxy groups -OCH3 is 1. The van der Waals surface area contributed by atoms with Gasteiger partial charge >= 0.3 is 0 Å². The first kappa shape index (κ1) is 16.3. The first-order valence-electron chi connectivity index (χ1n) is 7.23. The molecule has 22 heavy (non-hydrogen) atoms. The highest BCUT2D eigenvalue weighted by Crippen LogP contribution is 2.32. The molecule has 0 aromatic heterocycles. The Balaban J connectivity index is 2.29. The molecule has 0 bridgehead atoms. The maximum atomic E-state index is 13.1. The Hall–Kier alpha value is -2.10. The lowest BCUT2D eigenvalue weighted by Crippen LogP contribution is -2.04. The van der Waals surface area contributed by atoms with Crippen molar-refractivity contribution in [1.82, 2.24) is 0 Å². The minimum Gasteiger partial charge on any atom is -0.496 e. The van der Waals surface area contributed by atoms with Crippen LogP contribution in [0.15, 0.2) is 36.4 Å². The van der Waals surface area contributed by atoms with Crippen LogP contribution in [0.5, 0.6) is 11.5 Å². The average Bonchev–Trinajstić information content (AvgIpc) is 2.52. The fourth-order valence-electron chi connectivity index (χ4n) is 2.39. The van der Waals surface area contributed by atoms with Crippen molar-refractivity contribution in [2.75, 3.05) is 7.11 Å². The Kier molecular flexibility index (Phi) is 5.36. The van der Waals surface area contributed by atoms with Gasteiger partial charge in [-0.2, -0.15) is 0 Å². The van der Waals surface area contributed by atoms with Crippen LogP contribution in [0.1, 0.15) is 35.6 Å². The number of ether oxygens (including phenoxy) is 2. The summed E-state index contributed by atoms with van der Waals surface area (Å²) in [6, 6.07) is 10.5. The van der Waals surface area contributed by atoms with Crippen molar-refractivity contribution in [3.63, 3.8) is 0 Å². The van der Waals surface area contributed by atoms with Gasteiger partial charge in [-0.15, -0.1) is 0 Å². The molecule has 0 aliphatic rings. The van der Waals surface area contributed by atoms with Crippen molar-refractivity contribution in [3.8, 4) is 11.5 Å². The van der Waals surface area contributed by atoms with Gasteiger partial charge in [0.2, 0.25) is 0 Å². The van der Waals surface area contributed by atoms with Gasteiger partial charge in [0.05, 0.1) is 12.7 Å². The zero-order chi connectivity index (χ0) is 16.1. The van der Waals surface area contributed by atoms with E-state index in [1.807, 2.05) is 32.0 Å². The third-order valence-electron chi connectivity index (χ3n) is 3.61. The second-order valence-corrected chi connectivity index (χ2v) is 5.08. The number of hydrogen-bond donors (Lipinski definition) is 0. The Morgan fingerprint density at radius 2 is 1.86 bits per heavy atom. The molecule has 0 saturated carbocycles. The summed E-state index contributed by atoms with van der Waals surface area (Å²) in [5.41, 5.74) is 2.79. The molecule has 0 heterocycles. The summed E-state index contributed by atoms with van der Waals surface area (Å²) < 4.78 is 37.2. The summed E-state index contributed by atoms with van der Waals surface area (Å²) in [6.07, 6.45) is -1.73. The number of benzene rings is 2. The monoisotopic (exact) mass is 306 g/mol. The normalized spacial score (nSPS) is 10.8. The molecule has 0 saturated heterocycles. The number of alkyl halides is 2. The van der Waals surface area contributed by atoms with Gasteiger partial charge in [-0.1, -0.05) is 25.1 Å². The molecule has 0 amide bonds. The fraction of sp³-hybridized carbons (Fsp3) is 0.333. The Morgan fingerprint density at radius 1 is 1.09 bits per heavy atom. The number of aryl methyl sites for hydroxylation is 2. The van der Waals surface area contributed by atoms with Crippen LogP contribution < -0.4 is 9.47 Å². The zero-order valence-electron chi connectivity index (χ0n) is 13.0. The van der Waals surface area contributed by atoms with Crippen molar-refractivity contribution in [1.29, 1.82) is 0 Å². The lowest BCUT2D eigenvalue weighted by atomic mass is 10.0. The van der Waals surface area contributed by atoms with Crippen LogP contribution in [-0.4, -0.2) is 7.11 Å². The molecule has 2 aromatic rings. The summed E-state index contributed by atoms with van der Waals surface area (Å²) in [6.45, 7) is 4.09. The van der Waals surface area contributed by atoms with E-state index in [0.29, 0.717) is 5.75 Å². The summed E-state index contributed by atoms with van der Waals surface area (Å²) >= 11 is 0. The summed E-state index contributed by atoms with van der Waals surface area (Å²) in [4.78, 5) is 0. The van der Waals surface area contributed by atoms with Crippen molar-refractivity contribution < 1.29 is 18.3 Å². The van der Waals surface area contributed by atoms with Gasteiger partial charge in [-0.3, -0.25) is 0 Å². The molecule has 2 rings (SSSR count). The van der Waals surface area contributed by atoms with Crippen LogP contribution in [0.4, 0.5) is 8.78 Å². The molecule has 4 heteroatoms. The van der Waals surface area contributed by atoms with Crippen LogP contribution in [-0.2, 0) is 13.0 Å². The smallest absolute Gasteiger partial charge is 0.267 e. The van der Waals surface area contributed by atoms with Crippen molar-refractivity contribution in [3.05, 3.63) is 58.7 Å². The molecule has 0 aliphatic heterocycles. The molecule has 0 N–H and O–H groups in total. The van der Waals surface area contributed by atoms with E-state index in [0.717, 1.165) is 23.1 Å². The standard InChI is InChI=1S/C18H20F2O2/c1-4-13-6-5-7-16(21-3)15(13)11-22-17-10-12(2)8-9-14(17)18(19)20/h5-10,18H,4,11H2,1-3H3. The van der Waals surface area contributed by atoms with Crippen molar-refractivity contribution in [2.45, 2.75) is 33.3 Å². The Morgan fingerprint density at radius 3 is 2.50 bits per heavy atom. The van der Waals surface area contributed by atoms with Gasteiger partial charge in [0, 0.05) is 5.56 Å². The third kappa shape index (κ3) is 3.56. The zero-order valence-corrected chi connectivity index (χ0v) is 13.0. The van der Waals surface area contributed by atoms with E-state index >= 15 is 0 Å². The maximum Gasteiger partial charge on any atom is 0.267 e. The van der Waals surface area contributed by atoms with E-state index in [1.54, 1.807) is 19.2 Å². The van der Waals surface area contributed by atoms with Gasteiger partial charge in [0.1, 0.15) is 18.1 Å². The Bertz CT molecular complexity index is 617. The van der Waals surface area contributed by atoms with E-state index < -0.39 is 6.43 Å². The van der Waals surface area contributed by atoms with E-state index in [1.165, 1.54) is 6.07 Å². The number of hydrogen-bond acceptors (Lipinski definition) is 2. The SMILES string of the molecule is CCc1cccc(OC)c1COc1cc(C)ccc1C(F)F. The molecule has 0 radical (unpaired) electrons. The molecule has 0 aliphatic carbocycles. The summed E-state index contributed by atoms with van der Waals surface area (Å²) in [5, 5.41) is 0. The molecule has 2 aromatic carbocycles. The van der Waals surface area contributed by atoms with Gasteiger partial charge in [0.25, 0.3) is 6.43 Å². The summed E-state index contributed by atoms with van der Waals surface area (Å²) in [7, 11) is 1.59. The van der Waals surface area contributed by atoms with Crippen LogP contribution >= 0.6 is 0 Å². The lowest BCUT2D eigenvalue weighted by Gasteiger charge is -2.16. The molecule has 2 nitrogen and oxygen atoms in total. The van der Waals surface area contributed by atoms with E-state index in [4.69, 9.17) is 9.47 Å². The molecule has 0 spiro atoms. The van der Waals surface area contributed by atoms with Gasteiger partial charge in [-0.05, 0) is 42.7 Å². The van der Waals surface area contributed by atoms with Crippen LogP contribution in [0.3, 0.4) is 0 Å². The van der Waals surface area contributed by atoms with E-state index in [9.17, 15) is 8.78 Å². The molecule has 0 atom stereocenters. The van der Waals surface area contributed by atoms with Gasteiger partial charge in [0.15, 0.2) is 0 Å². The highest BCUT2D eigenvalue weighted by atomic mass is 19.3. The predicted molar refractivity (Wildman–Crippen MR) is 82.8 cm³/mol. The minimum atomic E-state index is -2.56. The van der Waals surface area contributed by atoms with Crippen LogP contribution in [0, 0.1) is 6.92 Å². The highest BCUT2D eigenvalue weighted by molar-refractivity contribution is 5.42. The second-order valence-electron chi connectivity index (χ2n) is 5.08. The van der Waals surface area contributed by atoms with Gasteiger partial charge in [-0.25, -0.2) is 8.78 Å². The average molecular weight is 306 g/mol. The number of halogens is 2. The predicted octanol–water partition coefficient (Wildman–Crippen LogP) is 5.08. The molecule has 0 unspecified atom stereocenters. The topological polar surface area (TPSA) is 18.5 Å². The minimum absolute atomic E-state index is 0.0847. The van der Waals surface area contributed by atoms with Crippen molar-refractivity contribution >= 4 is 0 Å². The first-order chi connectivity index (χ1) is 10.6. The maximum absolute atomic E-state index is 13.1. The van der Waals surface area contributed by atoms with Crippen LogP contribution in [0.25, 0.3) is 0 Å². The quantitative estimate of drug-likeness (QED) is 0.740. The number of rotatable bonds is 6. The van der Waals surface area contributed by atoms with Crippen LogP contribution in [0.2, 0.25) is 0 Å². The highest BCUT2D eigenvalue weighted by Gasteiger charge is 2.16. The largest absolute Gasteiger partial charge is 0.496 e. The molecular formula is C18H20F2O2. The van der Waals surface area contributed by atoms with Crippen molar-refractivity contribution in [2.24, 2.45) is 0 Å². The Labute approximate surface area is 129 Å². The lowest BCUT2D eigenvalue weighted by molar-refractivity contribution is 0.144. The molecule has 118 valence electrons. The molecular weight excluding hydrogens is 286 g/mol. The second kappa shape index (κ2) is 7.25. The summed E-state index contributed by atoms with van der Waals surface area (Å²) in [5.74, 6) is 0.938. The first-order valence-corrected chi connectivity index (χ1v) is 7.23. The molecule has 0 fully saturated rings.